The van der Waals surface area contributed by atoms with Crippen LogP contribution in [0.4, 0.5) is 0 Å². The van der Waals surface area contributed by atoms with Crippen LogP contribution in [0.15, 0.2) is 25.0 Å². The number of halogens is 1. The van der Waals surface area contributed by atoms with E-state index < -0.39 is 0 Å². The van der Waals surface area contributed by atoms with E-state index in [1.807, 2.05) is 0 Å². The van der Waals surface area contributed by atoms with Gasteiger partial charge in [0.2, 0.25) is 0 Å². The molecule has 0 saturated heterocycles. The third-order valence-electron chi connectivity index (χ3n) is 1.15. The zero-order valence-corrected chi connectivity index (χ0v) is 6.67. The van der Waals surface area contributed by atoms with Gasteiger partial charge < -0.3 is 0 Å². The van der Waals surface area contributed by atoms with Crippen LogP contribution in [0.2, 0.25) is 0 Å². The summed E-state index contributed by atoms with van der Waals surface area (Å²) >= 11 is 0. The van der Waals surface area contributed by atoms with Crippen LogP contribution in [0, 0.1) is 0 Å². The predicted molar refractivity (Wildman–Crippen MR) is 47.0 cm³/mol. The maximum atomic E-state index is 10.2. The number of hydrogen-bond donors (Lipinski definition) is 0. The fourth-order valence-corrected chi connectivity index (χ4v) is 0.652. The summed E-state index contributed by atoms with van der Waals surface area (Å²) in [5.74, 6) is 0. The lowest BCUT2D eigenvalue weighted by atomic mass is 10.2. The number of carbonyl (C=O) groups excluding carboxylic acids is 1. The van der Waals surface area contributed by atoms with Gasteiger partial charge in [-0.15, -0.1) is 12.4 Å². The highest BCUT2D eigenvalue weighted by Crippen LogP contribution is 2.00. The van der Waals surface area contributed by atoms with Gasteiger partial charge in [0.1, 0.15) is 0 Å². The first-order valence-corrected chi connectivity index (χ1v) is 2.89. The van der Waals surface area contributed by atoms with E-state index in [1.165, 1.54) is 6.20 Å². The number of aldehydes is 1. The Bertz CT molecular complexity index is 237. The molecule has 0 aliphatic carbocycles. The number of pyridine rings is 1. The summed E-state index contributed by atoms with van der Waals surface area (Å²) in [7, 11) is 0. The minimum Gasteiger partial charge on any atom is -0.298 e. The van der Waals surface area contributed by atoms with E-state index in [4.69, 9.17) is 0 Å². The molecule has 0 unspecified atom stereocenters. The summed E-state index contributed by atoms with van der Waals surface area (Å²) in [6.45, 7) is 3.55. The fourth-order valence-electron chi connectivity index (χ4n) is 0.652. The molecule has 0 aliphatic rings. The molecule has 1 aromatic rings. The molecule has 0 spiro atoms. The van der Waals surface area contributed by atoms with Crippen molar-refractivity contribution in [1.29, 1.82) is 0 Å². The molecule has 0 aromatic carbocycles. The highest BCUT2D eigenvalue weighted by molar-refractivity contribution is 5.85. The lowest BCUT2D eigenvalue weighted by Crippen LogP contribution is -1.82. The normalized spacial score (nSPS) is 8.00. The molecule has 1 heterocycles. The molecular formula is C8H8ClNO. The second-order valence-corrected chi connectivity index (χ2v) is 1.87. The maximum Gasteiger partial charge on any atom is 0.151 e. The minimum atomic E-state index is 0. The Balaban J connectivity index is 0.000001000. The van der Waals surface area contributed by atoms with Gasteiger partial charge in [0.25, 0.3) is 0 Å². The van der Waals surface area contributed by atoms with Crippen LogP contribution in [0.1, 0.15) is 15.9 Å². The Kier molecular flexibility index (Phi) is 4.15. The Morgan fingerprint density at radius 2 is 2.00 bits per heavy atom. The molecule has 1 aromatic heterocycles. The molecule has 0 amide bonds. The number of hydrogen-bond acceptors (Lipinski definition) is 2. The molecule has 11 heavy (non-hydrogen) atoms. The van der Waals surface area contributed by atoms with Crippen LogP contribution in [0.5, 0.6) is 0 Å². The van der Waals surface area contributed by atoms with Crippen molar-refractivity contribution >= 4 is 24.8 Å². The molecule has 0 radical (unpaired) electrons. The number of aromatic nitrogens is 1. The highest BCUT2D eigenvalue weighted by atomic mass is 35.5. The highest BCUT2D eigenvalue weighted by Gasteiger charge is 1.89. The topological polar surface area (TPSA) is 30.0 Å². The predicted octanol–water partition coefficient (Wildman–Crippen LogP) is 1.96. The average molecular weight is 170 g/mol. The van der Waals surface area contributed by atoms with E-state index in [0.717, 1.165) is 11.8 Å². The van der Waals surface area contributed by atoms with Gasteiger partial charge >= 0.3 is 0 Å². The van der Waals surface area contributed by atoms with Gasteiger partial charge in [0.05, 0.1) is 0 Å². The Morgan fingerprint density at radius 3 is 2.55 bits per heavy atom. The molecular weight excluding hydrogens is 162 g/mol. The number of rotatable bonds is 2. The van der Waals surface area contributed by atoms with Crippen molar-refractivity contribution in [2.24, 2.45) is 0 Å². The molecule has 0 atom stereocenters. The van der Waals surface area contributed by atoms with Crippen LogP contribution < -0.4 is 0 Å². The van der Waals surface area contributed by atoms with Crippen molar-refractivity contribution in [3.63, 3.8) is 0 Å². The van der Waals surface area contributed by atoms with Gasteiger partial charge in [-0.25, -0.2) is 0 Å². The molecule has 0 saturated carbocycles. The van der Waals surface area contributed by atoms with Crippen LogP contribution in [0.3, 0.4) is 0 Å². The lowest BCUT2D eigenvalue weighted by molar-refractivity contribution is 0.112. The molecule has 0 aliphatic heterocycles. The summed E-state index contributed by atoms with van der Waals surface area (Å²) in [4.78, 5) is 14.0. The van der Waals surface area contributed by atoms with E-state index >= 15 is 0 Å². The Hall–Kier alpha value is -1.15. The van der Waals surface area contributed by atoms with E-state index in [2.05, 4.69) is 11.6 Å². The average Bonchev–Trinajstić information content (AvgIpc) is 2.05. The van der Waals surface area contributed by atoms with Gasteiger partial charge in [-0.05, 0) is 11.6 Å². The van der Waals surface area contributed by atoms with Gasteiger partial charge in [-0.3, -0.25) is 9.78 Å². The lowest BCUT2D eigenvalue weighted by Gasteiger charge is -1.90. The molecule has 0 bridgehead atoms. The minimum absolute atomic E-state index is 0. The quantitative estimate of drug-likeness (QED) is 0.634. The van der Waals surface area contributed by atoms with Crippen molar-refractivity contribution in [2.45, 2.75) is 0 Å². The van der Waals surface area contributed by atoms with Crippen molar-refractivity contribution in [3.05, 3.63) is 36.2 Å². The molecule has 0 N–H and O–H groups in total. The Morgan fingerprint density at radius 1 is 1.36 bits per heavy atom. The SMILES string of the molecule is C=Cc1cncc(C=O)c1.Cl. The molecule has 3 heteroatoms. The summed E-state index contributed by atoms with van der Waals surface area (Å²) in [5.41, 5.74) is 1.45. The number of carbonyl (C=O) groups is 1. The van der Waals surface area contributed by atoms with Crippen molar-refractivity contribution < 1.29 is 4.79 Å². The first-order valence-electron chi connectivity index (χ1n) is 2.89. The van der Waals surface area contributed by atoms with Gasteiger partial charge in [0.15, 0.2) is 6.29 Å². The van der Waals surface area contributed by atoms with E-state index in [1.54, 1.807) is 18.3 Å². The Labute approximate surface area is 71.4 Å². The first kappa shape index (κ1) is 9.85. The van der Waals surface area contributed by atoms with Crippen LogP contribution in [-0.4, -0.2) is 11.3 Å². The van der Waals surface area contributed by atoms with Gasteiger partial charge in [0, 0.05) is 18.0 Å². The monoisotopic (exact) mass is 169 g/mol. The largest absolute Gasteiger partial charge is 0.298 e. The summed E-state index contributed by atoms with van der Waals surface area (Å²) in [5, 5.41) is 0. The zero-order chi connectivity index (χ0) is 7.40. The van der Waals surface area contributed by atoms with E-state index in [-0.39, 0.29) is 12.4 Å². The summed E-state index contributed by atoms with van der Waals surface area (Å²) < 4.78 is 0. The summed E-state index contributed by atoms with van der Waals surface area (Å²) in [6, 6.07) is 1.73. The standard InChI is InChI=1S/C8H7NO.ClH/c1-2-7-3-8(6-10)5-9-4-7;/h2-6H,1H2;1H. The third kappa shape index (κ3) is 2.51. The third-order valence-corrected chi connectivity index (χ3v) is 1.15. The zero-order valence-electron chi connectivity index (χ0n) is 5.86. The second-order valence-electron chi connectivity index (χ2n) is 1.87. The first-order chi connectivity index (χ1) is 4.86. The van der Waals surface area contributed by atoms with Gasteiger partial charge in [-0.1, -0.05) is 12.7 Å². The molecule has 58 valence electrons. The van der Waals surface area contributed by atoms with Crippen molar-refractivity contribution in [3.8, 4) is 0 Å². The van der Waals surface area contributed by atoms with Gasteiger partial charge in [-0.2, -0.15) is 0 Å². The fraction of sp³-hybridized carbons (Fsp3) is 0. The van der Waals surface area contributed by atoms with Crippen LogP contribution in [0.25, 0.3) is 6.08 Å². The molecule has 2 nitrogen and oxygen atoms in total. The molecule has 1 rings (SSSR count). The van der Waals surface area contributed by atoms with E-state index in [9.17, 15) is 4.79 Å². The van der Waals surface area contributed by atoms with E-state index in [0.29, 0.717) is 5.56 Å². The van der Waals surface area contributed by atoms with Crippen molar-refractivity contribution in [1.82, 2.24) is 4.98 Å². The smallest absolute Gasteiger partial charge is 0.151 e. The number of nitrogens with zero attached hydrogens (tertiary/aromatic N) is 1. The van der Waals surface area contributed by atoms with Crippen LogP contribution >= 0.6 is 12.4 Å². The van der Waals surface area contributed by atoms with Crippen molar-refractivity contribution in [2.75, 3.05) is 0 Å². The maximum absolute atomic E-state index is 10.2. The summed E-state index contributed by atoms with van der Waals surface area (Å²) in [6.07, 6.45) is 5.58. The van der Waals surface area contributed by atoms with Crippen LogP contribution in [-0.2, 0) is 0 Å². The second kappa shape index (κ2) is 4.63. The molecule has 0 fully saturated rings.